The van der Waals surface area contributed by atoms with E-state index in [4.69, 9.17) is 0 Å². The second-order valence-corrected chi connectivity index (χ2v) is 9.62. The van der Waals surface area contributed by atoms with Crippen molar-refractivity contribution in [2.45, 2.75) is 44.0 Å². The Morgan fingerprint density at radius 1 is 1.00 bits per heavy atom. The minimum absolute atomic E-state index is 0.122. The molecule has 1 aliphatic rings. The highest BCUT2D eigenvalue weighted by atomic mass is 32.2. The molecule has 8 heteroatoms. The maximum atomic E-state index is 13.6. The lowest BCUT2D eigenvalue weighted by Crippen LogP contribution is -2.34. The van der Waals surface area contributed by atoms with Gasteiger partial charge in [0.2, 0.25) is 11.7 Å². The molecular weight excluding hydrogens is 422 g/mol. The van der Waals surface area contributed by atoms with Gasteiger partial charge in [-0.3, -0.25) is 14.0 Å². The van der Waals surface area contributed by atoms with Crippen molar-refractivity contribution in [3.8, 4) is 5.69 Å². The van der Waals surface area contributed by atoms with E-state index in [1.165, 1.54) is 11.8 Å². The van der Waals surface area contributed by atoms with E-state index in [2.05, 4.69) is 10.2 Å². The van der Waals surface area contributed by atoms with Crippen LogP contribution in [0.1, 0.15) is 30.9 Å². The van der Waals surface area contributed by atoms with Crippen LogP contribution in [-0.2, 0) is 4.79 Å². The first kappa shape index (κ1) is 20.8. The first-order valence-electron chi connectivity index (χ1n) is 10.9. The van der Waals surface area contributed by atoms with Crippen molar-refractivity contribution in [1.29, 1.82) is 0 Å². The Morgan fingerprint density at radius 3 is 2.41 bits per heavy atom. The summed E-state index contributed by atoms with van der Waals surface area (Å²) >= 11 is 1.39. The number of hydrogen-bond donors (Lipinski definition) is 0. The Bertz CT molecular complexity index is 1380. The molecular formula is C24H25N5O2S. The molecule has 7 nitrogen and oxygen atoms in total. The number of para-hydroxylation sites is 2. The van der Waals surface area contributed by atoms with Gasteiger partial charge >= 0.3 is 0 Å². The van der Waals surface area contributed by atoms with Gasteiger partial charge in [0.25, 0.3) is 5.56 Å². The number of rotatable bonds is 4. The fraction of sp³-hybridized carbons (Fsp3) is 0.333. The van der Waals surface area contributed by atoms with E-state index >= 15 is 0 Å². The number of nitrogens with zero attached hydrogens (tertiary/aromatic N) is 5. The van der Waals surface area contributed by atoms with Gasteiger partial charge in [0, 0.05) is 13.1 Å². The Kier molecular flexibility index (Phi) is 5.25. The molecule has 5 rings (SSSR count). The zero-order valence-electron chi connectivity index (χ0n) is 18.4. The number of amides is 1. The summed E-state index contributed by atoms with van der Waals surface area (Å²) in [5.41, 5.74) is 3.40. The molecule has 0 spiro atoms. The van der Waals surface area contributed by atoms with E-state index in [1.807, 2.05) is 72.5 Å². The first-order valence-corrected chi connectivity index (χ1v) is 11.8. The Labute approximate surface area is 190 Å². The van der Waals surface area contributed by atoms with Gasteiger partial charge < -0.3 is 4.90 Å². The number of benzene rings is 2. The quantitative estimate of drug-likeness (QED) is 0.446. The third kappa shape index (κ3) is 3.30. The van der Waals surface area contributed by atoms with Crippen LogP contribution in [-0.4, -0.2) is 48.3 Å². The van der Waals surface area contributed by atoms with Gasteiger partial charge in [-0.25, -0.2) is 4.57 Å². The number of thioether (sulfide) groups is 1. The lowest BCUT2D eigenvalue weighted by atomic mass is 10.1. The van der Waals surface area contributed by atoms with Crippen molar-refractivity contribution < 1.29 is 4.79 Å². The van der Waals surface area contributed by atoms with Crippen LogP contribution in [0, 0.1) is 13.8 Å². The molecule has 1 amide bonds. The molecule has 164 valence electrons. The lowest BCUT2D eigenvalue weighted by Gasteiger charge is -2.19. The molecule has 0 bridgehead atoms. The van der Waals surface area contributed by atoms with Crippen LogP contribution >= 0.6 is 11.8 Å². The zero-order valence-corrected chi connectivity index (χ0v) is 19.2. The van der Waals surface area contributed by atoms with Crippen molar-refractivity contribution in [2.75, 3.05) is 13.1 Å². The molecule has 0 saturated carbocycles. The molecule has 1 fully saturated rings. The monoisotopic (exact) mass is 447 g/mol. The molecule has 1 unspecified atom stereocenters. The van der Waals surface area contributed by atoms with Crippen molar-refractivity contribution in [3.63, 3.8) is 0 Å². The predicted molar refractivity (Wildman–Crippen MR) is 127 cm³/mol. The smallest absolute Gasteiger partial charge is 0.267 e. The number of fused-ring (bicyclic) bond motifs is 3. The van der Waals surface area contributed by atoms with E-state index in [-0.39, 0.29) is 16.7 Å². The molecule has 0 N–H and O–H groups in total. The standard InChI is InChI=1S/C24H25N5O2S/c1-15-9-8-10-16(2)20(15)29-22(31)18-11-4-5-12-19(18)28-23(29)25-26-24(28)32-17(3)21(30)27-13-6-7-14-27/h4-5,8-12,17H,6-7,13-14H2,1-3H3. The summed E-state index contributed by atoms with van der Waals surface area (Å²) in [4.78, 5) is 28.4. The summed E-state index contributed by atoms with van der Waals surface area (Å²) in [6, 6.07) is 13.5. The maximum Gasteiger partial charge on any atom is 0.267 e. The normalized spacial score (nSPS) is 15.0. The lowest BCUT2D eigenvalue weighted by molar-refractivity contribution is -0.129. The molecule has 1 atom stereocenters. The molecule has 3 heterocycles. The summed E-state index contributed by atoms with van der Waals surface area (Å²) in [5, 5.41) is 9.76. The number of aryl methyl sites for hydroxylation is 2. The highest BCUT2D eigenvalue weighted by Gasteiger charge is 2.27. The molecule has 0 radical (unpaired) electrons. The Balaban J connectivity index is 1.72. The maximum absolute atomic E-state index is 13.6. The molecule has 2 aromatic heterocycles. The van der Waals surface area contributed by atoms with E-state index < -0.39 is 0 Å². The minimum Gasteiger partial charge on any atom is -0.342 e. The van der Waals surface area contributed by atoms with Gasteiger partial charge in [0.05, 0.1) is 21.8 Å². The fourth-order valence-electron chi connectivity index (χ4n) is 4.52. The van der Waals surface area contributed by atoms with Gasteiger partial charge in [-0.15, -0.1) is 10.2 Å². The van der Waals surface area contributed by atoms with Gasteiger partial charge in [-0.1, -0.05) is 42.1 Å². The van der Waals surface area contributed by atoms with E-state index in [0.29, 0.717) is 16.3 Å². The summed E-state index contributed by atoms with van der Waals surface area (Å²) < 4.78 is 3.55. The molecule has 32 heavy (non-hydrogen) atoms. The predicted octanol–water partition coefficient (Wildman–Crippen LogP) is 3.75. The second kappa shape index (κ2) is 8.09. The van der Waals surface area contributed by atoms with Crippen molar-refractivity contribution in [2.24, 2.45) is 0 Å². The van der Waals surface area contributed by atoms with Crippen LogP contribution in [0.15, 0.2) is 52.4 Å². The number of aromatic nitrogens is 4. The second-order valence-electron chi connectivity index (χ2n) is 8.31. The summed E-state index contributed by atoms with van der Waals surface area (Å²) in [6.07, 6.45) is 2.12. The molecule has 2 aromatic carbocycles. The Hall–Kier alpha value is -3.13. The summed E-state index contributed by atoms with van der Waals surface area (Å²) in [5.74, 6) is 0.575. The van der Waals surface area contributed by atoms with Gasteiger partial charge in [0.1, 0.15) is 0 Å². The van der Waals surface area contributed by atoms with Crippen molar-refractivity contribution in [3.05, 3.63) is 63.9 Å². The van der Waals surface area contributed by atoms with Crippen LogP contribution < -0.4 is 5.56 Å². The van der Waals surface area contributed by atoms with Gasteiger partial charge in [-0.05, 0) is 56.9 Å². The van der Waals surface area contributed by atoms with Crippen LogP contribution in [0.25, 0.3) is 22.4 Å². The van der Waals surface area contributed by atoms with Crippen molar-refractivity contribution >= 4 is 34.3 Å². The highest BCUT2D eigenvalue weighted by Crippen LogP contribution is 2.28. The fourth-order valence-corrected chi connectivity index (χ4v) is 5.46. The molecule has 1 aliphatic heterocycles. The largest absolute Gasteiger partial charge is 0.342 e. The van der Waals surface area contributed by atoms with Crippen LogP contribution in [0.2, 0.25) is 0 Å². The zero-order chi connectivity index (χ0) is 22.4. The topological polar surface area (TPSA) is 72.5 Å². The summed E-state index contributed by atoms with van der Waals surface area (Å²) in [6.45, 7) is 7.53. The molecule has 1 saturated heterocycles. The molecule has 4 aromatic rings. The third-order valence-corrected chi connectivity index (χ3v) is 7.14. The third-order valence-electron chi connectivity index (χ3n) is 6.11. The van der Waals surface area contributed by atoms with E-state index in [0.717, 1.165) is 48.3 Å². The number of carbonyl (C=O) groups excluding carboxylic acids is 1. The van der Waals surface area contributed by atoms with Crippen LogP contribution in [0.4, 0.5) is 0 Å². The number of likely N-dealkylation sites (tertiary alicyclic amines) is 1. The average molecular weight is 448 g/mol. The average Bonchev–Trinajstić information content (AvgIpc) is 3.46. The van der Waals surface area contributed by atoms with Gasteiger partial charge in [0.15, 0.2) is 5.16 Å². The minimum atomic E-state index is -0.292. The summed E-state index contributed by atoms with van der Waals surface area (Å²) in [7, 11) is 0. The number of hydrogen-bond acceptors (Lipinski definition) is 5. The van der Waals surface area contributed by atoms with Gasteiger partial charge in [-0.2, -0.15) is 0 Å². The highest BCUT2D eigenvalue weighted by molar-refractivity contribution is 8.00. The van der Waals surface area contributed by atoms with Crippen LogP contribution in [0.3, 0.4) is 0 Å². The SMILES string of the molecule is Cc1cccc(C)c1-n1c(=O)c2ccccc2n2c(SC(C)C(=O)N3CCCC3)nnc12. The van der Waals surface area contributed by atoms with Crippen molar-refractivity contribution in [1.82, 2.24) is 24.1 Å². The van der Waals surface area contributed by atoms with E-state index in [9.17, 15) is 9.59 Å². The Morgan fingerprint density at radius 2 is 1.69 bits per heavy atom. The number of carbonyl (C=O) groups is 1. The first-order chi connectivity index (χ1) is 15.5. The van der Waals surface area contributed by atoms with Crippen LogP contribution in [0.5, 0.6) is 0 Å². The molecule has 0 aliphatic carbocycles. The van der Waals surface area contributed by atoms with E-state index in [1.54, 1.807) is 4.57 Å².